The minimum absolute atomic E-state index is 0.0414. The quantitative estimate of drug-likeness (QED) is 0.414. The molecule has 38 heavy (non-hydrogen) atoms. The Balaban J connectivity index is 1.61. The molecule has 0 spiro atoms. The molecule has 0 aromatic heterocycles. The smallest absolute Gasteiger partial charge is 0.347 e. The lowest BCUT2D eigenvalue weighted by atomic mass is 9.44. The molecule has 1 saturated heterocycles. The molecule has 7 nitrogen and oxygen atoms in total. The highest BCUT2D eigenvalue weighted by atomic mass is 32.1. The van der Waals surface area contributed by atoms with E-state index in [4.69, 9.17) is 26.4 Å². The van der Waals surface area contributed by atoms with Crippen molar-refractivity contribution in [3.8, 4) is 0 Å². The number of halogens is 2. The number of thiocarbonyl (C=S) groups is 1. The number of hydrogen-bond donors (Lipinski definition) is 1. The molecule has 0 amide bonds. The monoisotopic (exact) mass is 552 g/mol. The number of allylic oxidation sites excluding steroid dienone is 4. The van der Waals surface area contributed by atoms with E-state index in [0.29, 0.717) is 6.42 Å². The van der Waals surface area contributed by atoms with E-state index in [9.17, 15) is 19.5 Å². The van der Waals surface area contributed by atoms with Gasteiger partial charge in [0.2, 0.25) is 5.05 Å². The molecule has 5 rings (SSSR count). The summed E-state index contributed by atoms with van der Waals surface area (Å²) in [5.74, 6) is -3.51. The number of carbonyl (C=O) groups excluding carboxylic acids is 3. The highest BCUT2D eigenvalue weighted by Crippen LogP contribution is 2.71. The van der Waals surface area contributed by atoms with Gasteiger partial charge in [0.15, 0.2) is 23.2 Å². The van der Waals surface area contributed by atoms with Crippen molar-refractivity contribution in [2.45, 2.75) is 89.4 Å². The third-order valence-electron chi connectivity index (χ3n) is 10.2. The zero-order valence-electron chi connectivity index (χ0n) is 22.0. The number of hydrogen-bond acceptors (Lipinski definition) is 8. The molecule has 10 atom stereocenters. The fraction of sp³-hybridized carbons (Fsp3) is 0.714. The molecule has 1 N–H and O–H groups in total. The van der Waals surface area contributed by atoms with Crippen molar-refractivity contribution in [1.82, 2.24) is 0 Å². The van der Waals surface area contributed by atoms with Crippen LogP contribution in [0.5, 0.6) is 0 Å². The molecule has 0 aromatic rings. The van der Waals surface area contributed by atoms with E-state index in [2.05, 4.69) is 0 Å². The molecule has 4 aliphatic carbocycles. The Morgan fingerprint density at radius 2 is 1.97 bits per heavy atom. The highest BCUT2D eigenvalue weighted by Gasteiger charge is 2.78. The van der Waals surface area contributed by atoms with Crippen molar-refractivity contribution in [2.75, 3.05) is 6.61 Å². The first-order valence-corrected chi connectivity index (χ1v) is 13.7. The van der Waals surface area contributed by atoms with Crippen LogP contribution in [0.2, 0.25) is 0 Å². The summed E-state index contributed by atoms with van der Waals surface area (Å²) in [5, 5.41) is 11.5. The lowest BCUT2D eigenvalue weighted by Gasteiger charge is -2.63. The number of fused-ring (bicyclic) bond motifs is 5. The second-order valence-electron chi connectivity index (χ2n) is 11.9. The number of ether oxygens (including phenoxy) is 3. The Bertz CT molecular complexity index is 1150. The summed E-state index contributed by atoms with van der Waals surface area (Å²) in [6.07, 6.45) is -0.0799. The number of alkyl halides is 2. The van der Waals surface area contributed by atoms with Crippen LogP contribution in [0.15, 0.2) is 23.8 Å². The van der Waals surface area contributed by atoms with E-state index < -0.39 is 76.0 Å². The van der Waals surface area contributed by atoms with Crippen LogP contribution in [0.25, 0.3) is 0 Å². The van der Waals surface area contributed by atoms with E-state index in [-0.39, 0.29) is 42.9 Å². The van der Waals surface area contributed by atoms with Crippen molar-refractivity contribution in [3.63, 3.8) is 0 Å². The maximum absolute atomic E-state index is 17.5. The van der Waals surface area contributed by atoms with Crippen LogP contribution < -0.4 is 0 Å². The van der Waals surface area contributed by atoms with Gasteiger partial charge in [0.25, 0.3) is 0 Å². The fourth-order valence-electron chi connectivity index (χ4n) is 8.27. The third kappa shape index (κ3) is 3.37. The standard InChI is InChI=1S/C28H34F2O7S/c1-5-22(33)37-28(24(38)36-20-7-9-35-23(20)34)14(2)10-16-17-12-19(29)18-11-15(31)6-8-25(18,3)27(17,30)21(32)13-26(16,28)4/h6,8,11,14,16-17,19-21,32H,5,7,9-10,12-13H2,1-4H3/t14-,16-,17-,19-,20-,21-,25-,26-,27-,28+/m0/s1. The molecule has 4 fully saturated rings. The van der Waals surface area contributed by atoms with E-state index in [0.717, 1.165) is 6.08 Å². The molecule has 10 heteroatoms. The van der Waals surface area contributed by atoms with Gasteiger partial charge in [-0.05, 0) is 62.0 Å². The Morgan fingerprint density at radius 3 is 2.61 bits per heavy atom. The van der Waals surface area contributed by atoms with E-state index >= 15 is 8.78 Å². The van der Waals surface area contributed by atoms with Gasteiger partial charge in [-0.2, -0.15) is 0 Å². The summed E-state index contributed by atoms with van der Waals surface area (Å²) >= 11 is 5.75. The molecule has 1 heterocycles. The molecular weight excluding hydrogens is 518 g/mol. The molecule has 0 bridgehead atoms. The largest absolute Gasteiger partial charge is 0.468 e. The van der Waals surface area contributed by atoms with Gasteiger partial charge in [-0.3, -0.25) is 9.59 Å². The summed E-state index contributed by atoms with van der Waals surface area (Å²) in [4.78, 5) is 37.1. The number of cyclic esters (lactones) is 1. The SMILES string of the molecule is CCC(=O)O[C@@]1(C(=S)O[C@H]2CCOC2=O)[C@@H](C)C[C@H]2[C@@H]3C[C@H](F)C4=CC(=O)C=C[C@]4(C)[C@@]3(F)[C@@H](O)C[C@@]21C. The topological polar surface area (TPSA) is 99.1 Å². The van der Waals surface area contributed by atoms with Crippen LogP contribution in [-0.2, 0) is 28.6 Å². The van der Waals surface area contributed by atoms with Crippen LogP contribution in [0.3, 0.4) is 0 Å². The minimum Gasteiger partial charge on any atom is -0.468 e. The molecule has 3 saturated carbocycles. The van der Waals surface area contributed by atoms with Crippen LogP contribution in [0, 0.1) is 28.6 Å². The predicted octanol–water partition coefficient (Wildman–Crippen LogP) is 3.90. The first-order valence-electron chi connectivity index (χ1n) is 13.3. The van der Waals surface area contributed by atoms with Gasteiger partial charge in [-0.15, -0.1) is 0 Å². The van der Waals surface area contributed by atoms with Crippen molar-refractivity contribution in [2.24, 2.45) is 28.6 Å². The van der Waals surface area contributed by atoms with Crippen molar-refractivity contribution >= 4 is 35.0 Å². The zero-order chi connectivity index (χ0) is 27.8. The van der Waals surface area contributed by atoms with Gasteiger partial charge in [-0.1, -0.05) is 26.8 Å². The summed E-state index contributed by atoms with van der Waals surface area (Å²) < 4.78 is 50.3. The number of aliphatic hydroxyl groups is 1. The number of aliphatic hydroxyl groups excluding tert-OH is 1. The van der Waals surface area contributed by atoms with E-state index in [1.165, 1.54) is 19.1 Å². The normalized spacial score (nSPS) is 47.4. The maximum Gasteiger partial charge on any atom is 0.347 e. The molecule has 0 aromatic carbocycles. The summed E-state index contributed by atoms with van der Waals surface area (Å²) in [7, 11) is 0. The van der Waals surface area contributed by atoms with Gasteiger partial charge in [0, 0.05) is 35.5 Å². The minimum atomic E-state index is -2.27. The maximum atomic E-state index is 17.5. The fourth-order valence-corrected chi connectivity index (χ4v) is 8.86. The molecule has 208 valence electrons. The average Bonchev–Trinajstić information content (AvgIpc) is 3.35. The lowest BCUT2D eigenvalue weighted by Crippen LogP contribution is -2.71. The molecular formula is C28H34F2O7S. The van der Waals surface area contributed by atoms with Crippen LogP contribution in [0.1, 0.15) is 59.8 Å². The summed E-state index contributed by atoms with van der Waals surface area (Å²) in [6, 6.07) is 0. The van der Waals surface area contributed by atoms with Gasteiger partial charge in [0.05, 0.1) is 12.7 Å². The molecule has 0 radical (unpaired) electrons. The second kappa shape index (κ2) is 8.91. The van der Waals surface area contributed by atoms with Crippen LogP contribution >= 0.6 is 12.2 Å². The molecule has 0 unspecified atom stereocenters. The van der Waals surface area contributed by atoms with Crippen molar-refractivity contribution in [3.05, 3.63) is 23.8 Å². The first-order chi connectivity index (χ1) is 17.8. The van der Waals surface area contributed by atoms with Crippen molar-refractivity contribution in [1.29, 1.82) is 0 Å². The number of rotatable bonds is 4. The highest BCUT2D eigenvalue weighted by molar-refractivity contribution is 7.80. The Hall–Kier alpha value is -2.20. The van der Waals surface area contributed by atoms with Crippen LogP contribution in [-0.4, -0.2) is 64.1 Å². The summed E-state index contributed by atoms with van der Waals surface area (Å²) in [6.45, 7) is 6.96. The van der Waals surface area contributed by atoms with Gasteiger partial charge in [0.1, 0.15) is 6.17 Å². The zero-order valence-corrected chi connectivity index (χ0v) is 22.8. The number of esters is 2. The number of ketones is 1. The van der Waals surface area contributed by atoms with Gasteiger partial charge >= 0.3 is 11.9 Å². The lowest BCUT2D eigenvalue weighted by molar-refractivity contribution is -0.223. The van der Waals surface area contributed by atoms with Crippen molar-refractivity contribution < 1.29 is 42.5 Å². The second-order valence-corrected chi connectivity index (χ2v) is 12.3. The molecule has 1 aliphatic heterocycles. The Labute approximate surface area is 225 Å². The number of carbonyl (C=O) groups is 3. The Morgan fingerprint density at radius 1 is 1.26 bits per heavy atom. The Kier molecular flexibility index (Phi) is 6.42. The third-order valence-corrected chi connectivity index (χ3v) is 10.6. The van der Waals surface area contributed by atoms with Gasteiger partial charge < -0.3 is 19.3 Å². The van der Waals surface area contributed by atoms with E-state index in [1.807, 2.05) is 6.92 Å². The summed E-state index contributed by atoms with van der Waals surface area (Å²) in [5.41, 5.74) is -6.44. The molecule has 5 aliphatic rings. The van der Waals surface area contributed by atoms with Gasteiger partial charge in [-0.25, -0.2) is 13.6 Å². The van der Waals surface area contributed by atoms with Crippen LogP contribution in [0.4, 0.5) is 8.78 Å². The van der Waals surface area contributed by atoms with E-state index in [1.54, 1.807) is 13.8 Å². The average molecular weight is 553 g/mol. The predicted molar refractivity (Wildman–Crippen MR) is 135 cm³/mol. The first kappa shape index (κ1) is 27.4.